The van der Waals surface area contributed by atoms with Crippen molar-refractivity contribution in [3.8, 4) is 44.5 Å². The second kappa shape index (κ2) is 11.9. The highest BCUT2D eigenvalue weighted by molar-refractivity contribution is 7.94. The number of hydrogen-bond acceptors (Lipinski definition) is 3. The Balaban J connectivity index is 1.45. The SMILES string of the molecule is CC(C)(O)C(C)(C)COSc1cccc(-c2cccc(-c3cc(-c4ccccc4)cc(-c4ccccc4)c3)c2)c1. The average Bonchev–Trinajstić information content (AvgIpc) is 2.97. The minimum absolute atomic E-state index is 0.362. The van der Waals surface area contributed by atoms with E-state index in [-0.39, 0.29) is 5.41 Å². The van der Waals surface area contributed by atoms with E-state index in [9.17, 15) is 5.11 Å². The van der Waals surface area contributed by atoms with E-state index in [1.165, 1.54) is 45.4 Å². The van der Waals surface area contributed by atoms with E-state index in [4.69, 9.17) is 4.18 Å². The largest absolute Gasteiger partial charge is 0.390 e. The molecule has 0 fully saturated rings. The zero-order valence-electron chi connectivity index (χ0n) is 23.6. The van der Waals surface area contributed by atoms with Gasteiger partial charge in [-0.05, 0) is 94.8 Å². The van der Waals surface area contributed by atoms with Crippen LogP contribution >= 0.6 is 12.0 Å². The second-order valence-corrected chi connectivity index (χ2v) is 12.3. The van der Waals surface area contributed by atoms with Crippen molar-refractivity contribution < 1.29 is 9.29 Å². The van der Waals surface area contributed by atoms with E-state index < -0.39 is 5.60 Å². The maximum Gasteiger partial charge on any atom is 0.0696 e. The zero-order chi connectivity index (χ0) is 28.2. The molecule has 0 spiro atoms. The third kappa shape index (κ3) is 6.56. The van der Waals surface area contributed by atoms with E-state index in [0.717, 1.165) is 16.0 Å². The van der Waals surface area contributed by atoms with Crippen molar-refractivity contribution in [2.24, 2.45) is 5.41 Å². The van der Waals surface area contributed by atoms with Crippen molar-refractivity contribution >= 4 is 12.0 Å². The van der Waals surface area contributed by atoms with Crippen molar-refractivity contribution in [1.82, 2.24) is 0 Å². The van der Waals surface area contributed by atoms with Gasteiger partial charge in [0.15, 0.2) is 0 Å². The van der Waals surface area contributed by atoms with Gasteiger partial charge in [-0.15, -0.1) is 0 Å². The molecule has 0 saturated heterocycles. The van der Waals surface area contributed by atoms with Crippen LogP contribution in [0.2, 0.25) is 0 Å². The zero-order valence-corrected chi connectivity index (χ0v) is 24.4. The van der Waals surface area contributed by atoms with Crippen LogP contribution in [0.5, 0.6) is 0 Å². The standard InChI is InChI=1S/C37H36O2S/c1-36(2,37(3,4)38)26-39-40-35-20-12-19-31(25-35)29-17-11-18-30(21-29)34-23-32(27-13-7-5-8-14-27)22-33(24-34)28-15-9-6-10-16-28/h5-25,38H,26H2,1-4H3. The predicted octanol–water partition coefficient (Wildman–Crippen LogP) is 10.2. The summed E-state index contributed by atoms with van der Waals surface area (Å²) in [7, 11) is 0. The number of hydrogen-bond donors (Lipinski definition) is 1. The van der Waals surface area contributed by atoms with Gasteiger partial charge in [-0.2, -0.15) is 0 Å². The first kappa shape index (κ1) is 27.9. The summed E-state index contributed by atoms with van der Waals surface area (Å²) >= 11 is 1.36. The quantitative estimate of drug-likeness (QED) is 0.187. The van der Waals surface area contributed by atoms with Gasteiger partial charge in [-0.25, -0.2) is 0 Å². The van der Waals surface area contributed by atoms with Gasteiger partial charge in [-0.3, -0.25) is 0 Å². The molecule has 2 nitrogen and oxygen atoms in total. The fourth-order valence-corrected chi connectivity index (χ4v) is 5.21. The molecule has 40 heavy (non-hydrogen) atoms. The monoisotopic (exact) mass is 544 g/mol. The highest BCUT2D eigenvalue weighted by atomic mass is 32.2. The molecule has 0 atom stereocenters. The Morgan fingerprint density at radius 1 is 0.500 bits per heavy atom. The highest BCUT2D eigenvalue weighted by Crippen LogP contribution is 2.36. The first-order valence-corrected chi connectivity index (χ1v) is 14.4. The smallest absolute Gasteiger partial charge is 0.0696 e. The van der Waals surface area contributed by atoms with Gasteiger partial charge < -0.3 is 9.29 Å². The molecule has 0 bridgehead atoms. The normalized spacial score (nSPS) is 11.9. The third-order valence-electron chi connectivity index (χ3n) is 7.74. The Morgan fingerprint density at radius 3 is 1.43 bits per heavy atom. The van der Waals surface area contributed by atoms with Gasteiger partial charge in [-0.1, -0.05) is 105 Å². The fraction of sp³-hybridized carbons (Fsp3) is 0.189. The molecule has 5 rings (SSSR count). The lowest BCUT2D eigenvalue weighted by atomic mass is 9.78. The lowest BCUT2D eigenvalue weighted by molar-refractivity contribution is -0.0539. The molecule has 0 aromatic heterocycles. The van der Waals surface area contributed by atoms with Crippen LogP contribution in [0.1, 0.15) is 27.7 Å². The highest BCUT2D eigenvalue weighted by Gasteiger charge is 2.35. The lowest BCUT2D eigenvalue weighted by Crippen LogP contribution is -2.41. The lowest BCUT2D eigenvalue weighted by Gasteiger charge is -2.36. The first-order valence-electron chi connectivity index (χ1n) is 13.7. The summed E-state index contributed by atoms with van der Waals surface area (Å²) in [4.78, 5) is 1.03. The Kier molecular flexibility index (Phi) is 8.27. The van der Waals surface area contributed by atoms with E-state index in [2.05, 4.69) is 127 Å². The molecule has 0 aliphatic rings. The van der Waals surface area contributed by atoms with Gasteiger partial charge >= 0.3 is 0 Å². The molecule has 3 heteroatoms. The molecular weight excluding hydrogens is 508 g/mol. The summed E-state index contributed by atoms with van der Waals surface area (Å²) in [5.74, 6) is 0. The molecule has 1 N–H and O–H groups in total. The minimum atomic E-state index is -0.825. The molecule has 202 valence electrons. The predicted molar refractivity (Wildman–Crippen MR) is 170 cm³/mol. The molecule has 0 aliphatic heterocycles. The van der Waals surface area contributed by atoms with Crippen LogP contribution in [0.4, 0.5) is 0 Å². The van der Waals surface area contributed by atoms with Gasteiger partial charge in [0, 0.05) is 22.4 Å². The Hall–Kier alpha value is -3.63. The van der Waals surface area contributed by atoms with Crippen molar-refractivity contribution in [2.75, 3.05) is 6.61 Å². The van der Waals surface area contributed by atoms with Gasteiger partial charge in [0.2, 0.25) is 0 Å². The Labute approximate surface area is 242 Å². The first-order chi connectivity index (χ1) is 19.2. The average molecular weight is 545 g/mol. The summed E-state index contributed by atoms with van der Waals surface area (Å²) in [6, 6.07) is 45.1. The maximum atomic E-state index is 10.4. The van der Waals surface area contributed by atoms with Gasteiger partial charge in [0.05, 0.1) is 12.2 Å². The topological polar surface area (TPSA) is 29.5 Å². The Bertz CT molecular complexity index is 1510. The van der Waals surface area contributed by atoms with Gasteiger partial charge in [0.25, 0.3) is 0 Å². The van der Waals surface area contributed by atoms with Crippen molar-refractivity contribution in [1.29, 1.82) is 0 Å². The molecule has 0 amide bonds. The maximum absolute atomic E-state index is 10.4. The molecule has 0 aliphatic carbocycles. The van der Waals surface area contributed by atoms with Crippen molar-refractivity contribution in [2.45, 2.75) is 38.2 Å². The fourth-order valence-electron chi connectivity index (χ4n) is 4.42. The summed E-state index contributed by atoms with van der Waals surface area (Å²) in [5, 5.41) is 10.4. The Morgan fingerprint density at radius 2 is 0.900 bits per heavy atom. The molecule has 5 aromatic carbocycles. The number of aliphatic hydroxyl groups is 1. The van der Waals surface area contributed by atoms with E-state index >= 15 is 0 Å². The van der Waals surface area contributed by atoms with Gasteiger partial charge in [0.1, 0.15) is 0 Å². The van der Waals surface area contributed by atoms with Crippen molar-refractivity contribution in [3.05, 3.63) is 127 Å². The van der Waals surface area contributed by atoms with Crippen LogP contribution in [0.15, 0.2) is 132 Å². The molecular formula is C37H36O2S. The van der Waals surface area contributed by atoms with E-state index in [1.807, 2.05) is 27.7 Å². The molecule has 5 aromatic rings. The van der Waals surface area contributed by atoms with Crippen LogP contribution in [-0.4, -0.2) is 17.3 Å². The second-order valence-electron chi connectivity index (χ2n) is 11.4. The number of benzene rings is 5. The van der Waals surface area contributed by atoms with E-state index in [1.54, 1.807) is 0 Å². The molecule has 0 radical (unpaired) electrons. The van der Waals surface area contributed by atoms with Crippen molar-refractivity contribution in [3.63, 3.8) is 0 Å². The van der Waals surface area contributed by atoms with Crippen LogP contribution in [0, 0.1) is 5.41 Å². The molecule has 0 unspecified atom stereocenters. The summed E-state index contributed by atoms with van der Waals surface area (Å²) < 4.78 is 5.96. The summed E-state index contributed by atoms with van der Waals surface area (Å²) in [6.07, 6.45) is 0. The number of rotatable bonds is 9. The third-order valence-corrected chi connectivity index (χ3v) is 8.42. The molecule has 0 saturated carbocycles. The van der Waals surface area contributed by atoms with Crippen LogP contribution in [0.25, 0.3) is 44.5 Å². The van der Waals surface area contributed by atoms with Crippen LogP contribution < -0.4 is 0 Å². The molecule has 0 heterocycles. The summed E-state index contributed by atoms with van der Waals surface area (Å²) in [6.45, 7) is 8.14. The summed E-state index contributed by atoms with van der Waals surface area (Å²) in [5.41, 5.74) is 8.28. The van der Waals surface area contributed by atoms with Crippen LogP contribution in [0.3, 0.4) is 0 Å². The van der Waals surface area contributed by atoms with E-state index in [0.29, 0.717) is 6.61 Å². The minimum Gasteiger partial charge on any atom is -0.390 e. The van der Waals surface area contributed by atoms with Crippen LogP contribution in [-0.2, 0) is 4.18 Å².